The van der Waals surface area contributed by atoms with Gasteiger partial charge in [-0.15, -0.1) is 0 Å². The Morgan fingerprint density at radius 1 is 1.21 bits per heavy atom. The second-order valence-electron chi connectivity index (χ2n) is 7.04. The van der Waals surface area contributed by atoms with E-state index in [1.54, 1.807) is 50.3 Å². The highest BCUT2D eigenvalue weighted by atomic mass is 32.2. The van der Waals surface area contributed by atoms with E-state index >= 15 is 0 Å². The van der Waals surface area contributed by atoms with Gasteiger partial charge in [-0.05, 0) is 37.6 Å². The fraction of sp³-hybridized carbons (Fsp3) is 0.208. The second-order valence-corrected chi connectivity index (χ2v) is 8.07. The Morgan fingerprint density at radius 2 is 1.94 bits per heavy atom. The molecule has 0 bridgehead atoms. The van der Waals surface area contributed by atoms with Crippen LogP contribution in [-0.2, 0) is 9.53 Å². The van der Waals surface area contributed by atoms with E-state index in [1.165, 1.54) is 7.11 Å². The number of thioether (sulfide) groups is 1. The SMILES string of the molecule is CCOC(=O)C1=C(O)/C(=C/c2cc3c(cc2OC)OCO3)SC1=NC(=O)c1ccccc1C. The summed E-state index contributed by atoms with van der Waals surface area (Å²) < 4.78 is 21.3. The van der Waals surface area contributed by atoms with Crippen molar-refractivity contribution in [3.63, 3.8) is 0 Å². The third kappa shape index (κ3) is 4.45. The largest absolute Gasteiger partial charge is 0.506 e. The number of fused-ring (bicyclic) bond motifs is 1. The minimum Gasteiger partial charge on any atom is -0.506 e. The Kier molecular flexibility index (Phi) is 6.41. The summed E-state index contributed by atoms with van der Waals surface area (Å²) in [6.45, 7) is 3.66. The van der Waals surface area contributed by atoms with Gasteiger partial charge in [-0.2, -0.15) is 0 Å². The molecular formula is C24H21NO7S. The summed E-state index contributed by atoms with van der Waals surface area (Å²) in [6.07, 6.45) is 1.63. The molecule has 4 rings (SSSR count). The number of hydrogen-bond acceptors (Lipinski definition) is 8. The van der Waals surface area contributed by atoms with E-state index in [1.807, 2.05) is 6.07 Å². The van der Waals surface area contributed by atoms with Gasteiger partial charge in [0.15, 0.2) is 11.5 Å². The van der Waals surface area contributed by atoms with Gasteiger partial charge in [0.1, 0.15) is 22.1 Å². The molecule has 170 valence electrons. The van der Waals surface area contributed by atoms with Gasteiger partial charge in [-0.1, -0.05) is 30.0 Å². The Morgan fingerprint density at radius 3 is 2.64 bits per heavy atom. The number of hydrogen-bond donors (Lipinski definition) is 1. The molecule has 1 amide bonds. The fourth-order valence-corrected chi connectivity index (χ4v) is 4.33. The lowest BCUT2D eigenvalue weighted by Gasteiger charge is -2.07. The fourth-order valence-electron chi connectivity index (χ4n) is 3.33. The summed E-state index contributed by atoms with van der Waals surface area (Å²) in [5.41, 5.74) is 1.59. The molecule has 9 heteroatoms. The number of esters is 1. The number of ether oxygens (including phenoxy) is 4. The van der Waals surface area contributed by atoms with Crippen molar-refractivity contribution in [2.75, 3.05) is 20.5 Å². The van der Waals surface area contributed by atoms with Crippen LogP contribution < -0.4 is 14.2 Å². The van der Waals surface area contributed by atoms with Crippen LogP contribution in [0.5, 0.6) is 17.2 Å². The molecule has 33 heavy (non-hydrogen) atoms. The van der Waals surface area contributed by atoms with Crippen LogP contribution in [0.25, 0.3) is 6.08 Å². The average molecular weight is 467 g/mol. The van der Waals surface area contributed by atoms with Crippen LogP contribution in [0.4, 0.5) is 0 Å². The molecule has 8 nitrogen and oxygen atoms in total. The van der Waals surface area contributed by atoms with Gasteiger partial charge < -0.3 is 24.1 Å². The first kappa shape index (κ1) is 22.5. The normalized spacial score (nSPS) is 17.1. The van der Waals surface area contributed by atoms with Crippen LogP contribution in [0.3, 0.4) is 0 Å². The lowest BCUT2D eigenvalue weighted by Crippen LogP contribution is -2.14. The van der Waals surface area contributed by atoms with Crippen LogP contribution in [0, 0.1) is 6.92 Å². The molecular weight excluding hydrogens is 446 g/mol. The molecule has 2 aliphatic rings. The van der Waals surface area contributed by atoms with Crippen LogP contribution >= 0.6 is 11.8 Å². The first-order valence-corrected chi connectivity index (χ1v) is 10.9. The molecule has 2 heterocycles. The van der Waals surface area contributed by atoms with E-state index in [0.29, 0.717) is 33.3 Å². The minimum absolute atomic E-state index is 0.0603. The number of carbonyl (C=O) groups is 2. The third-order valence-corrected chi connectivity index (χ3v) is 5.98. The molecule has 0 aliphatic carbocycles. The molecule has 0 saturated carbocycles. The first-order chi connectivity index (χ1) is 15.9. The number of carbonyl (C=O) groups excluding carboxylic acids is 2. The van der Waals surface area contributed by atoms with Crippen LogP contribution in [0.15, 0.2) is 57.6 Å². The number of rotatable bonds is 5. The number of aliphatic hydroxyl groups excluding tert-OH is 1. The summed E-state index contributed by atoms with van der Waals surface area (Å²) in [5.74, 6) is -0.0461. The van der Waals surface area contributed by atoms with Crippen molar-refractivity contribution in [2.24, 2.45) is 4.99 Å². The average Bonchev–Trinajstić information content (AvgIpc) is 3.37. The lowest BCUT2D eigenvalue weighted by atomic mass is 10.1. The number of methoxy groups -OCH3 is 1. The molecule has 0 radical (unpaired) electrons. The number of amides is 1. The highest BCUT2D eigenvalue weighted by Crippen LogP contribution is 2.43. The molecule has 2 aliphatic heterocycles. The van der Waals surface area contributed by atoms with Gasteiger partial charge in [0.05, 0.1) is 18.6 Å². The van der Waals surface area contributed by atoms with E-state index in [0.717, 1.165) is 17.3 Å². The van der Waals surface area contributed by atoms with Crippen molar-refractivity contribution < 1.29 is 33.6 Å². The topological polar surface area (TPSA) is 104 Å². The molecule has 0 spiro atoms. The minimum atomic E-state index is -0.764. The van der Waals surface area contributed by atoms with E-state index in [2.05, 4.69) is 4.99 Å². The highest BCUT2D eigenvalue weighted by molar-refractivity contribution is 8.18. The van der Waals surface area contributed by atoms with Crippen LogP contribution in [0.1, 0.15) is 28.4 Å². The molecule has 1 N–H and O–H groups in total. The number of benzene rings is 2. The molecule has 0 saturated heterocycles. The van der Waals surface area contributed by atoms with Gasteiger partial charge in [0.25, 0.3) is 5.91 Å². The first-order valence-electron chi connectivity index (χ1n) is 10.1. The number of aliphatic imine (C=N–C) groups is 1. The molecule has 2 aromatic carbocycles. The highest BCUT2D eigenvalue weighted by Gasteiger charge is 2.34. The molecule has 0 unspecified atom stereocenters. The van der Waals surface area contributed by atoms with Crippen molar-refractivity contribution in [1.82, 2.24) is 0 Å². The zero-order chi connectivity index (χ0) is 23.5. The standard InChI is InChI=1S/C24H21NO7S/c1-4-30-24(28)20-21(26)19(10-14-9-17-18(32-12-31-17)11-16(14)29-3)33-23(20)25-22(27)15-8-6-5-7-13(15)2/h5-11,26H,4,12H2,1-3H3/b19-10-,25-23?. The van der Waals surface area contributed by atoms with E-state index in [4.69, 9.17) is 18.9 Å². The van der Waals surface area contributed by atoms with E-state index in [-0.39, 0.29) is 29.8 Å². The molecule has 0 atom stereocenters. The molecule has 2 aromatic rings. The van der Waals surface area contributed by atoms with Crippen molar-refractivity contribution in [3.05, 3.63) is 69.3 Å². The van der Waals surface area contributed by atoms with Crippen molar-refractivity contribution in [3.8, 4) is 17.2 Å². The maximum absolute atomic E-state index is 12.8. The van der Waals surface area contributed by atoms with E-state index < -0.39 is 11.9 Å². The van der Waals surface area contributed by atoms with Crippen LogP contribution in [0.2, 0.25) is 0 Å². The maximum atomic E-state index is 12.8. The zero-order valence-corrected chi connectivity index (χ0v) is 19.0. The van der Waals surface area contributed by atoms with Gasteiger partial charge in [-0.25, -0.2) is 9.79 Å². The lowest BCUT2D eigenvalue weighted by molar-refractivity contribution is -0.138. The molecule has 0 fully saturated rings. The quantitative estimate of drug-likeness (QED) is 0.644. The smallest absolute Gasteiger partial charge is 0.344 e. The maximum Gasteiger partial charge on any atom is 0.344 e. The van der Waals surface area contributed by atoms with Crippen molar-refractivity contribution in [1.29, 1.82) is 0 Å². The third-order valence-electron chi connectivity index (χ3n) is 4.96. The summed E-state index contributed by atoms with van der Waals surface area (Å²) in [4.78, 5) is 29.9. The van der Waals surface area contributed by atoms with Gasteiger partial charge in [0, 0.05) is 17.2 Å². The van der Waals surface area contributed by atoms with E-state index in [9.17, 15) is 14.7 Å². The Hall–Kier alpha value is -3.72. The second kappa shape index (κ2) is 9.41. The molecule has 0 aromatic heterocycles. The monoisotopic (exact) mass is 467 g/mol. The summed E-state index contributed by atoms with van der Waals surface area (Å²) in [6, 6.07) is 10.4. The Bertz CT molecular complexity index is 1230. The number of nitrogens with zero attached hydrogens (tertiary/aromatic N) is 1. The predicted molar refractivity (Wildman–Crippen MR) is 124 cm³/mol. The Labute approximate surface area is 194 Å². The predicted octanol–water partition coefficient (Wildman–Crippen LogP) is 4.43. The number of aryl methyl sites for hydroxylation is 1. The zero-order valence-electron chi connectivity index (χ0n) is 18.2. The van der Waals surface area contributed by atoms with Gasteiger partial charge >= 0.3 is 5.97 Å². The Balaban J connectivity index is 1.76. The number of aliphatic hydroxyl groups is 1. The van der Waals surface area contributed by atoms with Gasteiger partial charge in [0.2, 0.25) is 6.79 Å². The summed E-state index contributed by atoms with van der Waals surface area (Å²) in [7, 11) is 1.51. The van der Waals surface area contributed by atoms with Gasteiger partial charge in [-0.3, -0.25) is 4.79 Å². The van der Waals surface area contributed by atoms with Crippen molar-refractivity contribution in [2.45, 2.75) is 13.8 Å². The van der Waals surface area contributed by atoms with Crippen LogP contribution in [-0.4, -0.2) is 42.5 Å². The van der Waals surface area contributed by atoms with Crippen molar-refractivity contribution >= 4 is 34.8 Å². The summed E-state index contributed by atoms with van der Waals surface area (Å²) >= 11 is 0.995. The summed E-state index contributed by atoms with van der Waals surface area (Å²) in [5, 5.41) is 10.9.